The van der Waals surface area contributed by atoms with Crippen LogP contribution in [0.25, 0.3) is 0 Å². The van der Waals surface area contributed by atoms with Crippen LogP contribution in [0, 0.1) is 0 Å². The zero-order valence-corrected chi connectivity index (χ0v) is 9.76. The van der Waals surface area contributed by atoms with Gasteiger partial charge < -0.3 is 10.4 Å². The summed E-state index contributed by atoms with van der Waals surface area (Å²) >= 11 is 11.5. The first kappa shape index (κ1) is 11.1. The van der Waals surface area contributed by atoms with Crippen molar-refractivity contribution in [3.8, 4) is 5.75 Å². The van der Waals surface area contributed by atoms with E-state index >= 15 is 0 Å². The standard InChI is InChI=1S/C12H9Cl2NO/c13-8-1-3-9(4-2-8)15-10-5-6-11(14)12(16)7-10/h1-7,15-16H. The molecule has 0 heterocycles. The van der Waals surface area contributed by atoms with Crippen molar-refractivity contribution in [3.63, 3.8) is 0 Å². The summed E-state index contributed by atoms with van der Waals surface area (Å²) in [5.74, 6) is 0.0561. The molecule has 2 aromatic rings. The molecule has 2 rings (SSSR count). The summed E-state index contributed by atoms with van der Waals surface area (Å²) in [6.07, 6.45) is 0. The maximum Gasteiger partial charge on any atom is 0.136 e. The number of phenols is 1. The Morgan fingerprint density at radius 2 is 1.50 bits per heavy atom. The predicted octanol–water partition coefficient (Wildman–Crippen LogP) is 4.44. The van der Waals surface area contributed by atoms with Crippen LogP contribution in [-0.2, 0) is 0 Å². The van der Waals surface area contributed by atoms with Crippen molar-refractivity contribution < 1.29 is 5.11 Å². The molecule has 0 amide bonds. The molecule has 2 N–H and O–H groups in total. The molecule has 2 nitrogen and oxygen atoms in total. The van der Waals surface area contributed by atoms with E-state index in [9.17, 15) is 5.11 Å². The third kappa shape index (κ3) is 2.60. The van der Waals surface area contributed by atoms with Gasteiger partial charge >= 0.3 is 0 Å². The van der Waals surface area contributed by atoms with Crippen molar-refractivity contribution in [1.82, 2.24) is 0 Å². The summed E-state index contributed by atoms with van der Waals surface area (Å²) in [6.45, 7) is 0. The molecule has 4 heteroatoms. The van der Waals surface area contributed by atoms with Crippen LogP contribution in [0.5, 0.6) is 5.75 Å². The van der Waals surface area contributed by atoms with Crippen molar-refractivity contribution in [3.05, 3.63) is 52.5 Å². The second-order valence-corrected chi connectivity index (χ2v) is 4.14. The number of anilines is 2. The van der Waals surface area contributed by atoms with Crippen LogP contribution in [0.1, 0.15) is 0 Å². The Morgan fingerprint density at radius 1 is 0.875 bits per heavy atom. The Kier molecular flexibility index (Phi) is 3.22. The van der Waals surface area contributed by atoms with Crippen LogP contribution >= 0.6 is 23.2 Å². The molecule has 0 aliphatic rings. The summed E-state index contributed by atoms with van der Waals surface area (Å²) in [5.41, 5.74) is 1.66. The van der Waals surface area contributed by atoms with E-state index in [-0.39, 0.29) is 5.75 Å². The summed E-state index contributed by atoms with van der Waals surface area (Å²) in [7, 11) is 0. The minimum Gasteiger partial charge on any atom is -0.506 e. The van der Waals surface area contributed by atoms with Crippen molar-refractivity contribution >= 4 is 34.6 Å². The van der Waals surface area contributed by atoms with Crippen LogP contribution in [0.2, 0.25) is 10.0 Å². The van der Waals surface area contributed by atoms with E-state index < -0.39 is 0 Å². The van der Waals surface area contributed by atoms with Crippen molar-refractivity contribution in [2.45, 2.75) is 0 Å². The maximum atomic E-state index is 9.43. The number of nitrogens with one attached hydrogen (secondary N) is 1. The average molecular weight is 254 g/mol. The van der Waals surface area contributed by atoms with E-state index in [1.165, 1.54) is 0 Å². The van der Waals surface area contributed by atoms with Gasteiger partial charge in [-0.05, 0) is 36.4 Å². The smallest absolute Gasteiger partial charge is 0.136 e. The summed E-state index contributed by atoms with van der Waals surface area (Å²) in [4.78, 5) is 0. The minimum atomic E-state index is 0.0561. The summed E-state index contributed by atoms with van der Waals surface area (Å²) in [6, 6.07) is 12.3. The van der Waals surface area contributed by atoms with Gasteiger partial charge in [0.25, 0.3) is 0 Å². The Labute approximate surface area is 103 Å². The molecule has 0 aliphatic heterocycles. The van der Waals surface area contributed by atoms with Crippen LogP contribution in [0.3, 0.4) is 0 Å². The molecule has 0 aromatic heterocycles. The van der Waals surface area contributed by atoms with E-state index in [0.29, 0.717) is 10.0 Å². The number of rotatable bonds is 2. The molecule has 0 saturated carbocycles. The van der Waals surface area contributed by atoms with Gasteiger partial charge in [-0.3, -0.25) is 0 Å². The Hall–Kier alpha value is -1.38. The van der Waals surface area contributed by atoms with E-state index in [2.05, 4.69) is 5.32 Å². The van der Waals surface area contributed by atoms with Gasteiger partial charge in [-0.2, -0.15) is 0 Å². The van der Waals surface area contributed by atoms with E-state index in [0.717, 1.165) is 11.4 Å². The van der Waals surface area contributed by atoms with E-state index in [1.807, 2.05) is 12.1 Å². The number of hydrogen-bond donors (Lipinski definition) is 2. The molecule has 16 heavy (non-hydrogen) atoms. The van der Waals surface area contributed by atoms with Gasteiger partial charge in [0, 0.05) is 22.5 Å². The van der Waals surface area contributed by atoms with Crippen molar-refractivity contribution in [1.29, 1.82) is 0 Å². The maximum absolute atomic E-state index is 9.43. The molecular formula is C12H9Cl2NO. The number of benzene rings is 2. The van der Waals surface area contributed by atoms with Gasteiger partial charge in [-0.15, -0.1) is 0 Å². The van der Waals surface area contributed by atoms with Gasteiger partial charge in [0.15, 0.2) is 0 Å². The Balaban J connectivity index is 2.20. The second-order valence-electron chi connectivity index (χ2n) is 3.30. The van der Waals surface area contributed by atoms with Gasteiger partial charge in [-0.1, -0.05) is 23.2 Å². The van der Waals surface area contributed by atoms with Gasteiger partial charge in [-0.25, -0.2) is 0 Å². The zero-order chi connectivity index (χ0) is 11.5. The molecule has 0 fully saturated rings. The lowest BCUT2D eigenvalue weighted by Gasteiger charge is -2.07. The highest BCUT2D eigenvalue weighted by atomic mass is 35.5. The topological polar surface area (TPSA) is 32.3 Å². The molecule has 82 valence electrons. The second kappa shape index (κ2) is 4.64. The van der Waals surface area contributed by atoms with Crippen LogP contribution in [0.15, 0.2) is 42.5 Å². The molecule has 2 aromatic carbocycles. The lowest BCUT2D eigenvalue weighted by atomic mass is 10.2. The van der Waals surface area contributed by atoms with Gasteiger partial charge in [0.1, 0.15) is 5.75 Å². The minimum absolute atomic E-state index is 0.0561. The Morgan fingerprint density at radius 3 is 2.12 bits per heavy atom. The fourth-order valence-electron chi connectivity index (χ4n) is 1.29. The molecule has 0 spiro atoms. The average Bonchev–Trinajstić information content (AvgIpc) is 2.27. The highest BCUT2D eigenvalue weighted by molar-refractivity contribution is 6.32. The molecule has 0 saturated heterocycles. The third-order valence-corrected chi connectivity index (χ3v) is 2.65. The molecule has 0 radical (unpaired) electrons. The van der Waals surface area contributed by atoms with Crippen LogP contribution in [0.4, 0.5) is 11.4 Å². The molecule has 0 atom stereocenters. The highest BCUT2D eigenvalue weighted by Gasteiger charge is 2.00. The molecule has 0 bridgehead atoms. The number of halogens is 2. The van der Waals surface area contributed by atoms with Crippen LogP contribution in [-0.4, -0.2) is 5.11 Å². The van der Waals surface area contributed by atoms with Crippen molar-refractivity contribution in [2.24, 2.45) is 0 Å². The highest BCUT2D eigenvalue weighted by Crippen LogP contribution is 2.28. The summed E-state index contributed by atoms with van der Waals surface area (Å²) in [5, 5.41) is 13.6. The van der Waals surface area contributed by atoms with Crippen LogP contribution < -0.4 is 5.32 Å². The van der Waals surface area contributed by atoms with E-state index in [4.69, 9.17) is 23.2 Å². The normalized spacial score (nSPS) is 10.1. The first-order valence-electron chi connectivity index (χ1n) is 4.66. The first-order valence-corrected chi connectivity index (χ1v) is 5.42. The first-order chi connectivity index (χ1) is 7.65. The fraction of sp³-hybridized carbons (Fsp3) is 0. The Bertz CT molecular complexity index is 497. The predicted molar refractivity (Wildman–Crippen MR) is 67.9 cm³/mol. The quantitative estimate of drug-likeness (QED) is 0.830. The van der Waals surface area contributed by atoms with E-state index in [1.54, 1.807) is 30.3 Å². The lowest BCUT2D eigenvalue weighted by molar-refractivity contribution is 0.476. The van der Waals surface area contributed by atoms with Gasteiger partial charge in [0.2, 0.25) is 0 Å². The lowest BCUT2D eigenvalue weighted by Crippen LogP contribution is -1.89. The summed E-state index contributed by atoms with van der Waals surface area (Å²) < 4.78 is 0. The van der Waals surface area contributed by atoms with Crippen molar-refractivity contribution in [2.75, 3.05) is 5.32 Å². The molecular weight excluding hydrogens is 245 g/mol. The van der Waals surface area contributed by atoms with Gasteiger partial charge in [0.05, 0.1) is 5.02 Å². The monoisotopic (exact) mass is 253 g/mol. The zero-order valence-electron chi connectivity index (χ0n) is 8.24. The fourth-order valence-corrected chi connectivity index (χ4v) is 1.53. The SMILES string of the molecule is Oc1cc(Nc2ccc(Cl)cc2)ccc1Cl. The number of hydrogen-bond acceptors (Lipinski definition) is 2. The largest absolute Gasteiger partial charge is 0.506 e. The third-order valence-electron chi connectivity index (χ3n) is 2.08. The molecule has 0 aliphatic carbocycles. The number of phenolic OH excluding ortho intramolecular Hbond substituents is 1. The number of aromatic hydroxyl groups is 1. The molecule has 0 unspecified atom stereocenters.